The number of amides is 1. The number of hydrogen-bond acceptors (Lipinski definition) is 4. The highest BCUT2D eigenvalue weighted by Gasteiger charge is 2.27. The molecule has 0 aromatic heterocycles. The van der Waals surface area contributed by atoms with E-state index in [9.17, 15) is 4.79 Å². The third kappa shape index (κ3) is 2.57. The molecular formula is C12H17N3O2. The van der Waals surface area contributed by atoms with Gasteiger partial charge in [-0.2, -0.15) is 0 Å². The Balaban J connectivity index is 2.03. The van der Waals surface area contributed by atoms with Crippen molar-refractivity contribution < 1.29 is 9.53 Å². The van der Waals surface area contributed by atoms with Crippen molar-refractivity contribution in [2.24, 2.45) is 5.73 Å². The zero-order valence-electron chi connectivity index (χ0n) is 10.1. The van der Waals surface area contributed by atoms with Gasteiger partial charge in [0.1, 0.15) is 18.4 Å². The zero-order chi connectivity index (χ0) is 12.4. The second-order valence-corrected chi connectivity index (χ2v) is 4.37. The first-order valence-corrected chi connectivity index (χ1v) is 5.56. The highest BCUT2D eigenvalue weighted by Crippen LogP contribution is 2.32. The van der Waals surface area contributed by atoms with Crippen LogP contribution >= 0.6 is 0 Å². The number of nitrogens with one attached hydrogen (secondary N) is 1. The second kappa shape index (κ2) is 4.73. The van der Waals surface area contributed by atoms with Gasteiger partial charge in [-0.25, -0.2) is 0 Å². The maximum Gasteiger partial charge on any atom is 0.245 e. The predicted molar refractivity (Wildman–Crippen MR) is 66.0 cm³/mol. The molecule has 0 spiro atoms. The highest BCUT2D eigenvalue weighted by molar-refractivity contribution is 6.02. The van der Waals surface area contributed by atoms with Crippen LogP contribution in [0.3, 0.4) is 0 Å². The number of nitrogens with zero attached hydrogens (tertiary/aromatic N) is 1. The molecular weight excluding hydrogens is 218 g/mol. The molecule has 1 aliphatic rings. The van der Waals surface area contributed by atoms with Gasteiger partial charge in [0.05, 0.1) is 0 Å². The minimum atomic E-state index is -0.555. The molecule has 1 heterocycles. The third-order valence-corrected chi connectivity index (χ3v) is 2.71. The Morgan fingerprint density at radius 2 is 2.24 bits per heavy atom. The molecule has 1 unspecified atom stereocenters. The lowest BCUT2D eigenvalue weighted by Crippen LogP contribution is -2.19. The minimum Gasteiger partial charge on any atom is -0.492 e. The first kappa shape index (κ1) is 11.9. The third-order valence-electron chi connectivity index (χ3n) is 2.71. The second-order valence-electron chi connectivity index (χ2n) is 4.37. The zero-order valence-corrected chi connectivity index (χ0v) is 10.1. The van der Waals surface area contributed by atoms with Crippen LogP contribution in [0.4, 0.5) is 5.69 Å². The molecule has 1 aromatic rings. The van der Waals surface area contributed by atoms with E-state index in [4.69, 9.17) is 10.5 Å². The molecule has 92 valence electrons. The lowest BCUT2D eigenvalue weighted by Gasteiger charge is -2.11. The Morgan fingerprint density at radius 1 is 1.47 bits per heavy atom. The standard InChI is InChI=1S/C12H17N3O2/c1-15(2)5-6-17-8-3-4-9-10(7-8)14-12(16)11(9)13/h3-4,7,11H,5-6,13H2,1-2H3,(H,14,16). The number of nitrogens with two attached hydrogens (primary N) is 1. The smallest absolute Gasteiger partial charge is 0.245 e. The lowest BCUT2D eigenvalue weighted by molar-refractivity contribution is -0.116. The molecule has 1 amide bonds. The highest BCUT2D eigenvalue weighted by atomic mass is 16.5. The minimum absolute atomic E-state index is 0.162. The van der Waals surface area contributed by atoms with E-state index in [1.54, 1.807) is 0 Å². The van der Waals surface area contributed by atoms with Gasteiger partial charge in [0.15, 0.2) is 0 Å². The Morgan fingerprint density at radius 3 is 2.94 bits per heavy atom. The summed E-state index contributed by atoms with van der Waals surface area (Å²) in [5, 5.41) is 2.73. The van der Waals surface area contributed by atoms with Gasteiger partial charge in [-0.1, -0.05) is 6.07 Å². The summed E-state index contributed by atoms with van der Waals surface area (Å²) in [6, 6.07) is 4.94. The number of carbonyl (C=O) groups excluding carboxylic acids is 1. The van der Waals surface area contributed by atoms with Crippen LogP contribution in [0.15, 0.2) is 18.2 Å². The fourth-order valence-electron chi connectivity index (χ4n) is 1.70. The number of carbonyl (C=O) groups is 1. The van der Waals surface area contributed by atoms with Crippen molar-refractivity contribution in [3.05, 3.63) is 23.8 Å². The van der Waals surface area contributed by atoms with Crippen molar-refractivity contribution in [3.63, 3.8) is 0 Å². The van der Waals surface area contributed by atoms with Crippen molar-refractivity contribution in [1.29, 1.82) is 0 Å². The molecule has 1 aliphatic heterocycles. The van der Waals surface area contributed by atoms with Crippen LogP contribution in [-0.2, 0) is 4.79 Å². The molecule has 2 rings (SSSR count). The average Bonchev–Trinajstić information content (AvgIpc) is 2.54. The van der Waals surface area contributed by atoms with Crippen molar-refractivity contribution in [2.45, 2.75) is 6.04 Å². The summed E-state index contributed by atoms with van der Waals surface area (Å²) < 4.78 is 5.58. The van der Waals surface area contributed by atoms with Gasteiger partial charge >= 0.3 is 0 Å². The topological polar surface area (TPSA) is 67.6 Å². The van der Waals surface area contributed by atoms with Crippen LogP contribution in [-0.4, -0.2) is 38.1 Å². The van der Waals surface area contributed by atoms with Crippen LogP contribution in [0.5, 0.6) is 5.75 Å². The number of hydrogen-bond donors (Lipinski definition) is 2. The van der Waals surface area contributed by atoms with E-state index in [-0.39, 0.29) is 5.91 Å². The molecule has 0 fully saturated rings. The van der Waals surface area contributed by atoms with E-state index >= 15 is 0 Å². The molecule has 0 saturated carbocycles. The number of benzene rings is 1. The summed E-state index contributed by atoms with van der Waals surface area (Å²) in [5.74, 6) is 0.588. The van der Waals surface area contributed by atoms with E-state index in [1.165, 1.54) is 0 Å². The largest absolute Gasteiger partial charge is 0.492 e. The molecule has 0 saturated heterocycles. The van der Waals surface area contributed by atoms with E-state index < -0.39 is 6.04 Å². The Kier molecular flexibility index (Phi) is 3.31. The summed E-state index contributed by atoms with van der Waals surface area (Å²) in [7, 11) is 3.98. The van der Waals surface area contributed by atoms with E-state index in [2.05, 4.69) is 5.32 Å². The van der Waals surface area contributed by atoms with Crippen LogP contribution in [0.1, 0.15) is 11.6 Å². The molecule has 0 aliphatic carbocycles. The van der Waals surface area contributed by atoms with Crippen LogP contribution in [0.25, 0.3) is 0 Å². The SMILES string of the molecule is CN(C)CCOc1ccc2c(c1)NC(=O)C2N. The van der Waals surface area contributed by atoms with Gasteiger partial charge in [-0.3, -0.25) is 4.79 Å². The monoisotopic (exact) mass is 235 g/mol. The predicted octanol–water partition coefficient (Wildman–Crippen LogP) is 0.579. The lowest BCUT2D eigenvalue weighted by atomic mass is 10.1. The van der Waals surface area contributed by atoms with Gasteiger partial charge in [0, 0.05) is 23.9 Å². The summed E-state index contributed by atoms with van der Waals surface area (Å²) in [5.41, 5.74) is 7.30. The van der Waals surface area contributed by atoms with E-state index in [0.717, 1.165) is 23.5 Å². The summed E-state index contributed by atoms with van der Waals surface area (Å²) in [6.07, 6.45) is 0. The van der Waals surface area contributed by atoms with Gasteiger partial charge in [-0.05, 0) is 20.2 Å². The summed E-state index contributed by atoms with van der Waals surface area (Å²) in [6.45, 7) is 1.47. The number of likely N-dealkylation sites (N-methyl/N-ethyl adjacent to an activating group) is 1. The first-order valence-electron chi connectivity index (χ1n) is 5.56. The van der Waals surface area contributed by atoms with Gasteiger partial charge in [0.2, 0.25) is 5.91 Å². The molecule has 5 heteroatoms. The Bertz CT molecular complexity index is 432. The fourth-order valence-corrected chi connectivity index (χ4v) is 1.70. The van der Waals surface area contributed by atoms with Crippen molar-refractivity contribution in [2.75, 3.05) is 32.6 Å². The molecule has 1 aromatic carbocycles. The van der Waals surface area contributed by atoms with E-state index in [0.29, 0.717) is 6.61 Å². The molecule has 0 radical (unpaired) electrons. The summed E-state index contributed by atoms with van der Waals surface area (Å²) in [4.78, 5) is 13.4. The molecule has 5 nitrogen and oxygen atoms in total. The molecule has 17 heavy (non-hydrogen) atoms. The quantitative estimate of drug-likeness (QED) is 0.801. The maximum atomic E-state index is 11.4. The molecule has 1 atom stereocenters. The average molecular weight is 235 g/mol. The Hall–Kier alpha value is -1.59. The number of rotatable bonds is 4. The fraction of sp³-hybridized carbons (Fsp3) is 0.417. The van der Waals surface area contributed by atoms with Crippen LogP contribution in [0, 0.1) is 0 Å². The van der Waals surface area contributed by atoms with Crippen molar-refractivity contribution in [1.82, 2.24) is 4.90 Å². The number of fused-ring (bicyclic) bond motifs is 1. The van der Waals surface area contributed by atoms with Gasteiger partial charge in [0.25, 0.3) is 0 Å². The van der Waals surface area contributed by atoms with Gasteiger partial charge < -0.3 is 20.7 Å². The van der Waals surface area contributed by atoms with E-state index in [1.807, 2.05) is 37.2 Å². The van der Waals surface area contributed by atoms with Crippen LogP contribution in [0.2, 0.25) is 0 Å². The first-order chi connectivity index (χ1) is 8.08. The molecule has 0 bridgehead atoms. The van der Waals surface area contributed by atoms with Crippen molar-refractivity contribution in [3.8, 4) is 5.75 Å². The normalized spacial score (nSPS) is 18.1. The van der Waals surface area contributed by atoms with Crippen molar-refractivity contribution >= 4 is 11.6 Å². The Labute approximate surface area is 101 Å². The summed E-state index contributed by atoms with van der Waals surface area (Å²) >= 11 is 0. The number of anilines is 1. The van der Waals surface area contributed by atoms with Gasteiger partial charge in [-0.15, -0.1) is 0 Å². The maximum absolute atomic E-state index is 11.4. The molecule has 3 N–H and O–H groups in total. The van der Waals surface area contributed by atoms with Crippen LogP contribution < -0.4 is 15.8 Å². The number of ether oxygens (including phenoxy) is 1.